The molecule has 0 unspecified atom stereocenters. The molecule has 0 atom stereocenters. The lowest BCUT2D eigenvalue weighted by Crippen LogP contribution is -1.85. The normalized spacial score (nSPS) is 12.1. The van der Waals surface area contributed by atoms with E-state index in [-0.39, 0.29) is 0 Å². The lowest BCUT2D eigenvalue weighted by molar-refractivity contribution is 1.66. The van der Waals surface area contributed by atoms with E-state index in [0.717, 1.165) is 0 Å². The lowest BCUT2D eigenvalue weighted by atomic mass is 9.93. The van der Waals surface area contributed by atoms with Crippen LogP contribution in [0.4, 0.5) is 0 Å². The van der Waals surface area contributed by atoms with Gasteiger partial charge >= 0.3 is 0 Å². The van der Waals surface area contributed by atoms with Crippen LogP contribution in [0.15, 0.2) is 194 Å². The second-order valence-electron chi connectivity index (χ2n) is 15.0. The Morgan fingerprint density at radius 1 is 0.148 bits per heavy atom. The van der Waals surface area contributed by atoms with E-state index in [1.54, 1.807) is 0 Å². The first kappa shape index (κ1) is 29.5. The molecule has 0 bridgehead atoms. The number of hydrogen-bond acceptors (Lipinski definition) is 0. The molecule has 248 valence electrons. The van der Waals surface area contributed by atoms with Gasteiger partial charge in [0.15, 0.2) is 0 Å². The Hall–Kier alpha value is -7.02. The SMILES string of the molecule is c1ccc2cc3c(ccc4cc5cc(-c6ccc7ccc(-c8ccc9cc%10c(ccc%11cc%12ccccc%12cc%11%10)cc9c8)cc7c6)ccc5cc43)cc2c1. The van der Waals surface area contributed by atoms with Crippen LogP contribution in [-0.2, 0) is 0 Å². The summed E-state index contributed by atoms with van der Waals surface area (Å²) in [5.41, 5.74) is 4.94. The van der Waals surface area contributed by atoms with Crippen LogP contribution < -0.4 is 0 Å². The van der Waals surface area contributed by atoms with Crippen molar-refractivity contribution in [1.29, 1.82) is 0 Å². The molecule has 0 radical (unpaired) electrons. The second kappa shape index (κ2) is 11.2. The van der Waals surface area contributed by atoms with Gasteiger partial charge in [0.2, 0.25) is 0 Å². The Bertz CT molecular complexity index is 3320. The summed E-state index contributed by atoms with van der Waals surface area (Å²) in [7, 11) is 0. The summed E-state index contributed by atoms with van der Waals surface area (Å²) < 4.78 is 0. The van der Waals surface area contributed by atoms with Crippen molar-refractivity contribution in [2.45, 2.75) is 0 Å². The summed E-state index contributed by atoms with van der Waals surface area (Å²) >= 11 is 0. The van der Waals surface area contributed by atoms with Crippen LogP contribution >= 0.6 is 0 Å². The van der Waals surface area contributed by atoms with Crippen LogP contribution in [0.5, 0.6) is 0 Å². The van der Waals surface area contributed by atoms with Crippen molar-refractivity contribution in [2.75, 3.05) is 0 Å². The van der Waals surface area contributed by atoms with E-state index in [0.29, 0.717) is 0 Å². The summed E-state index contributed by atoms with van der Waals surface area (Å²) in [6.45, 7) is 0. The van der Waals surface area contributed by atoms with Crippen LogP contribution in [0.3, 0.4) is 0 Å². The molecule has 0 saturated heterocycles. The molecule has 0 heterocycles. The predicted octanol–water partition coefficient (Wildman–Crippen LogP) is 15.4. The molecule has 0 fully saturated rings. The third kappa shape index (κ3) is 4.64. The molecule has 12 aromatic rings. The van der Waals surface area contributed by atoms with Gasteiger partial charge < -0.3 is 0 Å². The molecule has 54 heavy (non-hydrogen) atoms. The van der Waals surface area contributed by atoms with Crippen LogP contribution in [-0.4, -0.2) is 0 Å². The van der Waals surface area contributed by atoms with E-state index >= 15 is 0 Å². The molecule has 0 nitrogen and oxygen atoms in total. The van der Waals surface area contributed by atoms with E-state index in [4.69, 9.17) is 0 Å². The molecule has 0 aliphatic carbocycles. The van der Waals surface area contributed by atoms with Crippen molar-refractivity contribution in [3.05, 3.63) is 194 Å². The average molecular weight is 681 g/mol. The van der Waals surface area contributed by atoms with E-state index in [9.17, 15) is 0 Å². The Labute approximate surface area is 312 Å². The van der Waals surface area contributed by atoms with Crippen molar-refractivity contribution in [1.82, 2.24) is 0 Å². The molecule has 0 heteroatoms. The van der Waals surface area contributed by atoms with Gasteiger partial charge in [-0.1, -0.05) is 121 Å². The van der Waals surface area contributed by atoms with Gasteiger partial charge in [0, 0.05) is 0 Å². The first-order valence-corrected chi connectivity index (χ1v) is 18.8. The van der Waals surface area contributed by atoms with Gasteiger partial charge in [0.25, 0.3) is 0 Å². The number of benzene rings is 12. The topological polar surface area (TPSA) is 0 Å². The highest BCUT2D eigenvalue weighted by molar-refractivity contribution is 6.17. The van der Waals surface area contributed by atoms with E-state index in [1.165, 1.54) is 119 Å². The minimum Gasteiger partial charge on any atom is -0.0616 e. The van der Waals surface area contributed by atoms with Crippen molar-refractivity contribution >= 4 is 97.0 Å². The smallest absolute Gasteiger partial charge is 0.00988 e. The highest BCUT2D eigenvalue weighted by Gasteiger charge is 2.10. The second-order valence-corrected chi connectivity index (χ2v) is 15.0. The number of rotatable bonds is 2. The molecule has 0 aromatic heterocycles. The first-order valence-electron chi connectivity index (χ1n) is 18.8. The zero-order chi connectivity index (χ0) is 35.3. The van der Waals surface area contributed by atoms with Crippen LogP contribution in [0.25, 0.3) is 119 Å². The maximum Gasteiger partial charge on any atom is -0.00988 e. The largest absolute Gasteiger partial charge is 0.0616 e. The van der Waals surface area contributed by atoms with Gasteiger partial charge in [-0.3, -0.25) is 0 Å². The average Bonchev–Trinajstić information content (AvgIpc) is 3.22. The van der Waals surface area contributed by atoms with Gasteiger partial charge in [-0.15, -0.1) is 0 Å². The molecule has 0 aliphatic rings. The van der Waals surface area contributed by atoms with E-state index in [1.807, 2.05) is 0 Å². The first-order chi connectivity index (χ1) is 26.7. The van der Waals surface area contributed by atoms with E-state index in [2.05, 4.69) is 194 Å². The van der Waals surface area contributed by atoms with Crippen molar-refractivity contribution in [3.8, 4) is 22.3 Å². The Morgan fingerprint density at radius 3 is 0.741 bits per heavy atom. The molecule has 0 spiro atoms. The molecule has 0 N–H and O–H groups in total. The molecule has 12 aromatic carbocycles. The fraction of sp³-hybridized carbons (Fsp3) is 0. The summed E-state index contributed by atoms with van der Waals surface area (Å²) in [4.78, 5) is 0. The van der Waals surface area contributed by atoms with Crippen LogP contribution in [0.1, 0.15) is 0 Å². The Kier molecular flexibility index (Phi) is 6.15. The number of hydrogen-bond donors (Lipinski definition) is 0. The fourth-order valence-corrected chi connectivity index (χ4v) is 8.96. The van der Waals surface area contributed by atoms with Gasteiger partial charge in [0.05, 0.1) is 0 Å². The summed E-state index contributed by atoms with van der Waals surface area (Å²) in [6.07, 6.45) is 0. The third-order valence-electron chi connectivity index (χ3n) is 11.8. The van der Waals surface area contributed by atoms with Gasteiger partial charge in [-0.05, 0) is 192 Å². The summed E-state index contributed by atoms with van der Waals surface area (Å²) in [6, 6.07) is 72.7. The molecular formula is C54H32. The summed E-state index contributed by atoms with van der Waals surface area (Å²) in [5, 5.41) is 23.0. The lowest BCUT2D eigenvalue weighted by Gasteiger charge is -2.11. The van der Waals surface area contributed by atoms with Gasteiger partial charge in [-0.2, -0.15) is 0 Å². The minimum absolute atomic E-state index is 1.23. The standard InChI is InChI=1S/C54H32/c1-3-7-36-29-51-44(21-34(36)5-1)17-19-46-27-49-25-40(13-15-42(49)31-53(46)51)38-11-9-33-10-12-39(24-48(33)23-38)41-14-16-43-32-54-47(28-50(43)26-41)20-18-45-22-35-6-2-4-8-37(35)30-52(45)54/h1-32H. The highest BCUT2D eigenvalue weighted by Crippen LogP contribution is 2.37. The fourth-order valence-electron chi connectivity index (χ4n) is 8.96. The zero-order valence-electron chi connectivity index (χ0n) is 29.5. The summed E-state index contributed by atoms with van der Waals surface area (Å²) in [5.74, 6) is 0. The van der Waals surface area contributed by atoms with Crippen LogP contribution in [0, 0.1) is 0 Å². The van der Waals surface area contributed by atoms with E-state index < -0.39 is 0 Å². The molecule has 0 amide bonds. The van der Waals surface area contributed by atoms with Gasteiger partial charge in [-0.25, -0.2) is 0 Å². The minimum atomic E-state index is 1.23. The zero-order valence-corrected chi connectivity index (χ0v) is 29.5. The van der Waals surface area contributed by atoms with Crippen molar-refractivity contribution in [2.24, 2.45) is 0 Å². The van der Waals surface area contributed by atoms with Crippen LogP contribution in [0.2, 0.25) is 0 Å². The predicted molar refractivity (Wildman–Crippen MR) is 235 cm³/mol. The van der Waals surface area contributed by atoms with Gasteiger partial charge in [0.1, 0.15) is 0 Å². The molecule has 12 rings (SSSR count). The molecule has 0 aliphatic heterocycles. The monoisotopic (exact) mass is 680 g/mol. The Balaban J connectivity index is 0.917. The maximum absolute atomic E-state index is 2.37. The molecule has 0 saturated carbocycles. The molecular weight excluding hydrogens is 649 g/mol. The maximum atomic E-state index is 2.37. The quantitative estimate of drug-likeness (QED) is 0.126. The Morgan fingerprint density at radius 2 is 0.389 bits per heavy atom. The highest BCUT2D eigenvalue weighted by atomic mass is 14.1. The van der Waals surface area contributed by atoms with Crippen molar-refractivity contribution in [3.63, 3.8) is 0 Å². The van der Waals surface area contributed by atoms with Crippen molar-refractivity contribution < 1.29 is 0 Å². The third-order valence-corrected chi connectivity index (χ3v) is 11.8. The number of fused-ring (bicyclic) bond motifs is 11.